The fourth-order valence-corrected chi connectivity index (χ4v) is 7.52. The molecular weight excluding hydrogens is 539 g/mol. The quantitative estimate of drug-likeness (QED) is 0.205. The molecule has 10 rings (SSSR count). The number of nitrogens with zero attached hydrogens (tertiary/aromatic N) is 2. The Bertz CT molecular complexity index is 2660. The Hall–Kier alpha value is -5.80. The van der Waals surface area contributed by atoms with Crippen LogP contribution in [0.3, 0.4) is 0 Å². The van der Waals surface area contributed by atoms with E-state index in [2.05, 4.69) is 119 Å². The molecule has 0 N–H and O–H groups in total. The van der Waals surface area contributed by atoms with Crippen molar-refractivity contribution in [1.82, 2.24) is 9.55 Å². The van der Waals surface area contributed by atoms with Gasteiger partial charge >= 0.3 is 0 Å². The summed E-state index contributed by atoms with van der Waals surface area (Å²) in [6, 6.07) is 44.5. The average Bonchev–Trinajstić information content (AvgIpc) is 3.58. The summed E-state index contributed by atoms with van der Waals surface area (Å²) in [5.74, 6) is -0.206. The number of hydrogen-bond acceptors (Lipinski definition) is 1. The van der Waals surface area contributed by atoms with E-state index in [9.17, 15) is 4.39 Å². The zero-order valence-electron chi connectivity index (χ0n) is 23.6. The summed E-state index contributed by atoms with van der Waals surface area (Å²) in [6.07, 6.45) is 3.86. The number of rotatable bonds is 2. The summed E-state index contributed by atoms with van der Waals surface area (Å²) in [6.45, 7) is 0. The molecule has 0 unspecified atom stereocenters. The molecule has 204 valence electrons. The van der Waals surface area contributed by atoms with Crippen LogP contribution in [0.15, 0.2) is 140 Å². The molecule has 0 saturated carbocycles. The standard InChI is InChI=1S/C41H23FN2/c42-28-12-8-26-21-35-33-7-3-6-32-30(15-16-34(40(32)33)36(35)22-27(26)20-28)25-9-13-29(14-10-25)44-38-18-19-43-23-37(38)41-31-5-2-1-4-24(31)11-17-39(41)44/h1-23H. The third kappa shape index (κ3) is 3.16. The second-order valence-corrected chi connectivity index (χ2v) is 11.7. The predicted octanol–water partition coefficient (Wildman–Crippen LogP) is 11.1. The van der Waals surface area contributed by atoms with E-state index in [1.165, 1.54) is 71.9 Å². The van der Waals surface area contributed by atoms with Crippen molar-refractivity contribution in [2.75, 3.05) is 0 Å². The number of aromatic nitrogens is 2. The van der Waals surface area contributed by atoms with Gasteiger partial charge in [0.15, 0.2) is 0 Å². The van der Waals surface area contributed by atoms with Gasteiger partial charge in [-0.15, -0.1) is 0 Å². The van der Waals surface area contributed by atoms with E-state index in [0.717, 1.165) is 27.4 Å². The minimum atomic E-state index is -0.206. The van der Waals surface area contributed by atoms with Crippen LogP contribution in [-0.4, -0.2) is 9.55 Å². The van der Waals surface area contributed by atoms with E-state index in [0.29, 0.717) is 0 Å². The number of halogens is 1. The molecule has 0 amide bonds. The Labute approximate surface area is 252 Å². The molecule has 1 aliphatic carbocycles. The lowest BCUT2D eigenvalue weighted by Crippen LogP contribution is -1.94. The summed E-state index contributed by atoms with van der Waals surface area (Å²) >= 11 is 0. The molecule has 0 atom stereocenters. The third-order valence-corrected chi connectivity index (χ3v) is 9.45. The maximum atomic E-state index is 14.1. The highest BCUT2D eigenvalue weighted by atomic mass is 19.1. The molecule has 7 aromatic carbocycles. The normalized spacial score (nSPS) is 12.2. The van der Waals surface area contributed by atoms with Crippen molar-refractivity contribution in [3.05, 3.63) is 146 Å². The van der Waals surface area contributed by atoms with E-state index in [-0.39, 0.29) is 5.82 Å². The van der Waals surface area contributed by atoms with Gasteiger partial charge < -0.3 is 4.57 Å². The van der Waals surface area contributed by atoms with Gasteiger partial charge in [-0.25, -0.2) is 4.39 Å². The first kappa shape index (κ1) is 23.7. The van der Waals surface area contributed by atoms with Crippen LogP contribution in [0, 0.1) is 5.82 Å². The Balaban J connectivity index is 1.14. The number of benzene rings is 7. The lowest BCUT2D eigenvalue weighted by atomic mass is 9.94. The van der Waals surface area contributed by atoms with Gasteiger partial charge in [-0.2, -0.15) is 0 Å². The van der Waals surface area contributed by atoms with Gasteiger partial charge in [0.05, 0.1) is 11.0 Å². The van der Waals surface area contributed by atoms with Crippen molar-refractivity contribution in [2.45, 2.75) is 0 Å². The first-order valence-corrected chi connectivity index (χ1v) is 14.9. The molecule has 9 aromatic rings. The summed E-state index contributed by atoms with van der Waals surface area (Å²) in [5, 5.41) is 9.34. The van der Waals surface area contributed by atoms with Gasteiger partial charge in [-0.05, 0) is 114 Å². The number of pyridine rings is 1. The van der Waals surface area contributed by atoms with Crippen LogP contribution in [0.4, 0.5) is 4.39 Å². The molecule has 0 bridgehead atoms. The zero-order chi connectivity index (χ0) is 28.9. The van der Waals surface area contributed by atoms with Gasteiger partial charge in [0.25, 0.3) is 0 Å². The summed E-state index contributed by atoms with van der Waals surface area (Å²) in [7, 11) is 0. The second-order valence-electron chi connectivity index (χ2n) is 11.7. The highest BCUT2D eigenvalue weighted by Crippen LogP contribution is 2.50. The summed E-state index contributed by atoms with van der Waals surface area (Å²) < 4.78 is 16.4. The van der Waals surface area contributed by atoms with E-state index in [4.69, 9.17) is 0 Å². The highest BCUT2D eigenvalue weighted by molar-refractivity contribution is 6.22. The summed E-state index contributed by atoms with van der Waals surface area (Å²) in [4.78, 5) is 4.48. The molecule has 0 spiro atoms. The highest BCUT2D eigenvalue weighted by Gasteiger charge is 2.23. The van der Waals surface area contributed by atoms with Crippen molar-refractivity contribution in [3.63, 3.8) is 0 Å². The lowest BCUT2D eigenvalue weighted by Gasteiger charge is -2.12. The van der Waals surface area contributed by atoms with Gasteiger partial charge in [0.1, 0.15) is 5.82 Å². The van der Waals surface area contributed by atoms with Crippen molar-refractivity contribution < 1.29 is 4.39 Å². The maximum absolute atomic E-state index is 14.1. The van der Waals surface area contributed by atoms with Crippen molar-refractivity contribution >= 4 is 54.1 Å². The maximum Gasteiger partial charge on any atom is 0.123 e. The Morgan fingerprint density at radius 2 is 1.25 bits per heavy atom. The van der Waals surface area contributed by atoms with E-state index >= 15 is 0 Å². The first-order valence-electron chi connectivity index (χ1n) is 14.9. The Morgan fingerprint density at radius 3 is 2.16 bits per heavy atom. The van der Waals surface area contributed by atoms with Gasteiger partial charge in [-0.3, -0.25) is 4.98 Å². The van der Waals surface area contributed by atoms with Crippen LogP contribution < -0.4 is 0 Å². The second kappa shape index (κ2) is 8.62. The van der Waals surface area contributed by atoms with Crippen LogP contribution in [0.2, 0.25) is 0 Å². The first-order chi connectivity index (χ1) is 21.7. The molecule has 44 heavy (non-hydrogen) atoms. The minimum absolute atomic E-state index is 0.206. The molecule has 2 aromatic heterocycles. The fourth-order valence-electron chi connectivity index (χ4n) is 7.52. The zero-order valence-corrected chi connectivity index (χ0v) is 23.6. The van der Waals surface area contributed by atoms with Crippen LogP contribution in [0.5, 0.6) is 0 Å². The third-order valence-electron chi connectivity index (χ3n) is 9.45. The van der Waals surface area contributed by atoms with Crippen molar-refractivity contribution in [1.29, 1.82) is 0 Å². The number of hydrogen-bond donors (Lipinski definition) is 0. The lowest BCUT2D eigenvalue weighted by molar-refractivity contribution is 0.630. The molecule has 2 heterocycles. The van der Waals surface area contributed by atoms with Crippen LogP contribution in [-0.2, 0) is 0 Å². The average molecular weight is 563 g/mol. The van der Waals surface area contributed by atoms with E-state index in [1.54, 1.807) is 6.07 Å². The largest absolute Gasteiger partial charge is 0.309 e. The van der Waals surface area contributed by atoms with E-state index in [1.807, 2.05) is 18.5 Å². The molecular formula is C41H23FN2. The minimum Gasteiger partial charge on any atom is -0.309 e. The number of fused-ring (bicyclic) bond motifs is 9. The molecule has 0 saturated heterocycles. The Morgan fingerprint density at radius 1 is 0.477 bits per heavy atom. The smallest absolute Gasteiger partial charge is 0.123 e. The monoisotopic (exact) mass is 562 g/mol. The van der Waals surface area contributed by atoms with Crippen LogP contribution >= 0.6 is 0 Å². The van der Waals surface area contributed by atoms with Crippen LogP contribution in [0.25, 0.3) is 93.2 Å². The van der Waals surface area contributed by atoms with Crippen molar-refractivity contribution in [2.24, 2.45) is 0 Å². The van der Waals surface area contributed by atoms with Gasteiger partial charge in [0, 0.05) is 28.9 Å². The fraction of sp³-hybridized carbons (Fsp3) is 0. The summed E-state index contributed by atoms with van der Waals surface area (Å²) in [5.41, 5.74) is 10.7. The van der Waals surface area contributed by atoms with Gasteiger partial charge in [-0.1, -0.05) is 78.9 Å². The van der Waals surface area contributed by atoms with Crippen molar-refractivity contribution in [3.8, 4) is 39.1 Å². The van der Waals surface area contributed by atoms with Gasteiger partial charge in [0.2, 0.25) is 0 Å². The topological polar surface area (TPSA) is 17.8 Å². The van der Waals surface area contributed by atoms with E-state index < -0.39 is 0 Å². The molecule has 0 aliphatic heterocycles. The van der Waals surface area contributed by atoms with Crippen LogP contribution in [0.1, 0.15) is 0 Å². The molecule has 3 heteroatoms. The molecule has 1 aliphatic rings. The predicted molar refractivity (Wildman–Crippen MR) is 181 cm³/mol. The SMILES string of the molecule is Fc1ccc2cc3c(cc2c1)-c1ccc(-c2ccc(-n4c5ccncc5c5c6ccccc6ccc54)cc2)c2cccc-3c12. The molecule has 2 nitrogen and oxygen atoms in total. The molecule has 0 fully saturated rings. The Kier molecular flexibility index (Phi) is 4.65. The molecule has 0 radical (unpaired) electrons.